The molecule has 7 heteroatoms. The van der Waals surface area contributed by atoms with Crippen LogP contribution < -0.4 is 0 Å². The zero-order valence-corrected chi connectivity index (χ0v) is 23.4. The van der Waals surface area contributed by atoms with Crippen LogP contribution in [0, 0.1) is 0 Å². The molecule has 4 bridgehead atoms. The summed E-state index contributed by atoms with van der Waals surface area (Å²) in [4.78, 5) is 31.7. The molecule has 7 nitrogen and oxygen atoms in total. The van der Waals surface area contributed by atoms with E-state index in [2.05, 4.69) is 16.8 Å². The Morgan fingerprint density at radius 2 is 1.15 bits per heavy atom. The minimum absolute atomic E-state index is 0.00151. The van der Waals surface area contributed by atoms with Crippen molar-refractivity contribution in [2.45, 2.75) is 99.6 Å². The van der Waals surface area contributed by atoms with Gasteiger partial charge in [0.2, 0.25) is 0 Å². The van der Waals surface area contributed by atoms with Crippen molar-refractivity contribution < 1.29 is 24.2 Å². The number of carbonyl (C=O) groups is 2. The zero-order chi connectivity index (χ0) is 27.6. The van der Waals surface area contributed by atoms with Crippen LogP contribution in [-0.2, 0) is 19.1 Å². The Bertz CT molecular complexity index is 1130. The first kappa shape index (κ1) is 27.4. The summed E-state index contributed by atoms with van der Waals surface area (Å²) < 4.78 is 12.2. The molecule has 40 heavy (non-hydrogen) atoms. The molecule has 6 unspecified atom stereocenters. The number of aliphatic hydroxyl groups is 1. The molecule has 2 aromatic carbocycles. The Labute approximate surface area is 237 Å². The Morgan fingerprint density at radius 3 is 1.65 bits per heavy atom. The fourth-order valence-electron chi connectivity index (χ4n) is 7.78. The first-order valence-electron chi connectivity index (χ1n) is 15.1. The summed E-state index contributed by atoms with van der Waals surface area (Å²) in [6.45, 7) is 0.357. The molecule has 0 saturated carbocycles. The number of nitrogens with zero attached hydrogens (tertiary/aromatic N) is 2. The lowest BCUT2D eigenvalue weighted by Gasteiger charge is -2.40. The van der Waals surface area contributed by atoms with Gasteiger partial charge in [-0.1, -0.05) is 60.7 Å². The van der Waals surface area contributed by atoms with Gasteiger partial charge in [0, 0.05) is 43.6 Å². The summed E-state index contributed by atoms with van der Waals surface area (Å²) in [6.07, 6.45) is 7.67. The van der Waals surface area contributed by atoms with Crippen molar-refractivity contribution in [3.63, 3.8) is 0 Å². The van der Waals surface area contributed by atoms with Crippen molar-refractivity contribution in [1.29, 1.82) is 0 Å². The molecule has 0 amide bonds. The summed E-state index contributed by atoms with van der Waals surface area (Å²) in [5.41, 5.74) is 1.78. The van der Waals surface area contributed by atoms with Crippen molar-refractivity contribution in [3.05, 3.63) is 71.8 Å². The number of ether oxygens (including phenoxy) is 2. The van der Waals surface area contributed by atoms with E-state index in [0.717, 1.165) is 49.7 Å². The lowest BCUT2D eigenvalue weighted by atomic mass is 9.93. The van der Waals surface area contributed by atoms with Gasteiger partial charge in [-0.05, 0) is 56.7 Å². The van der Waals surface area contributed by atoms with E-state index in [4.69, 9.17) is 9.47 Å². The largest absolute Gasteiger partial charge is 0.462 e. The number of fused-ring (bicyclic) bond motifs is 4. The second kappa shape index (κ2) is 12.0. The van der Waals surface area contributed by atoms with Gasteiger partial charge >= 0.3 is 11.9 Å². The van der Waals surface area contributed by atoms with E-state index < -0.39 is 5.92 Å². The third kappa shape index (κ3) is 5.69. The van der Waals surface area contributed by atoms with Gasteiger partial charge in [-0.2, -0.15) is 0 Å². The number of aliphatic hydroxyl groups excluding tert-OH is 1. The Kier molecular flexibility index (Phi) is 8.24. The number of benzene rings is 2. The van der Waals surface area contributed by atoms with Crippen molar-refractivity contribution >= 4 is 11.9 Å². The summed E-state index contributed by atoms with van der Waals surface area (Å²) in [6, 6.07) is 21.0. The number of piperidine rings is 2. The second-order valence-electron chi connectivity index (χ2n) is 12.3. The lowest BCUT2D eigenvalue weighted by Crippen LogP contribution is -2.49. The molecule has 4 aliphatic rings. The topological polar surface area (TPSA) is 79.3 Å². The summed E-state index contributed by atoms with van der Waals surface area (Å²) in [5.74, 6) is -1.47. The minimum atomic E-state index is -0.663. The van der Waals surface area contributed by atoms with E-state index in [9.17, 15) is 14.7 Å². The molecule has 1 N–H and O–H groups in total. The van der Waals surface area contributed by atoms with E-state index >= 15 is 0 Å². The molecule has 0 radical (unpaired) electrons. The number of hydrogen-bond acceptors (Lipinski definition) is 7. The quantitative estimate of drug-likeness (QED) is 0.471. The highest BCUT2D eigenvalue weighted by molar-refractivity contribution is 5.79. The fraction of sp³-hybridized carbons (Fsp3) is 0.576. The van der Waals surface area contributed by atoms with Gasteiger partial charge in [0.15, 0.2) is 0 Å². The first-order chi connectivity index (χ1) is 19.5. The summed E-state index contributed by atoms with van der Waals surface area (Å²) in [7, 11) is 2.20. The van der Waals surface area contributed by atoms with Gasteiger partial charge in [0.05, 0.1) is 12.5 Å². The van der Waals surface area contributed by atoms with Crippen molar-refractivity contribution in [2.24, 2.45) is 0 Å². The molecule has 4 saturated heterocycles. The van der Waals surface area contributed by atoms with Crippen LogP contribution in [-0.4, -0.2) is 83.4 Å². The molecule has 6 rings (SSSR count). The Hall–Kier alpha value is -2.74. The molecule has 0 spiro atoms. The zero-order valence-electron chi connectivity index (χ0n) is 23.4. The van der Waals surface area contributed by atoms with E-state index in [-0.39, 0.29) is 48.8 Å². The van der Waals surface area contributed by atoms with Gasteiger partial charge in [0.1, 0.15) is 18.1 Å². The van der Waals surface area contributed by atoms with E-state index in [1.807, 2.05) is 60.7 Å². The normalized spacial score (nSPS) is 31.4. The summed E-state index contributed by atoms with van der Waals surface area (Å²) >= 11 is 0. The van der Waals surface area contributed by atoms with Gasteiger partial charge in [-0.3, -0.25) is 14.5 Å². The third-order valence-electron chi connectivity index (χ3n) is 10.0. The molecule has 0 aromatic heterocycles. The van der Waals surface area contributed by atoms with E-state index in [1.54, 1.807) is 0 Å². The highest BCUT2D eigenvalue weighted by atomic mass is 16.5. The molecule has 4 aliphatic heterocycles. The van der Waals surface area contributed by atoms with Crippen LogP contribution >= 0.6 is 0 Å². The van der Waals surface area contributed by atoms with E-state index in [1.165, 1.54) is 12.8 Å². The predicted octanol–water partition coefficient (Wildman–Crippen LogP) is 4.25. The van der Waals surface area contributed by atoms with Crippen LogP contribution in [0.25, 0.3) is 0 Å². The number of esters is 2. The molecule has 0 aliphatic carbocycles. The van der Waals surface area contributed by atoms with Crippen LogP contribution in [0.1, 0.15) is 74.3 Å². The molecule has 214 valence electrons. The van der Waals surface area contributed by atoms with Crippen LogP contribution in [0.3, 0.4) is 0 Å². The van der Waals surface area contributed by atoms with Crippen molar-refractivity contribution in [3.8, 4) is 0 Å². The van der Waals surface area contributed by atoms with Gasteiger partial charge in [-0.15, -0.1) is 0 Å². The van der Waals surface area contributed by atoms with Crippen LogP contribution in [0.2, 0.25) is 0 Å². The number of hydrogen-bond donors (Lipinski definition) is 1. The average molecular weight is 547 g/mol. The minimum Gasteiger partial charge on any atom is -0.462 e. The van der Waals surface area contributed by atoms with Crippen LogP contribution in [0.15, 0.2) is 60.7 Å². The number of carbonyl (C=O) groups excluding carboxylic acids is 2. The van der Waals surface area contributed by atoms with Crippen molar-refractivity contribution in [2.75, 3.05) is 20.2 Å². The predicted molar refractivity (Wildman–Crippen MR) is 152 cm³/mol. The monoisotopic (exact) mass is 546 g/mol. The first-order valence-corrected chi connectivity index (χ1v) is 15.1. The maximum Gasteiger partial charge on any atom is 0.316 e. The number of rotatable bonds is 9. The molecule has 4 fully saturated rings. The van der Waals surface area contributed by atoms with Crippen molar-refractivity contribution in [1.82, 2.24) is 9.80 Å². The average Bonchev–Trinajstić information content (AvgIpc) is 3.31. The SMILES string of the molecule is CN1C2CCC1CC(OC(=O)C(CN1C3CCC1CC(OC(=O)C(CO)c1ccccc1)C3)c1ccccc1)C2. The smallest absolute Gasteiger partial charge is 0.316 e. The standard InChI is InChI=1S/C33H42N2O5/c1-34-24-12-13-25(34)17-28(16-24)39-32(37)30(22-8-4-2-5-9-22)20-35-26-14-15-27(35)19-29(18-26)40-33(38)31(21-36)23-10-6-3-7-11-23/h2-11,24-31,36H,12-21H2,1H3. The van der Waals surface area contributed by atoms with Gasteiger partial charge in [-0.25, -0.2) is 0 Å². The second-order valence-corrected chi connectivity index (χ2v) is 12.3. The fourth-order valence-corrected chi connectivity index (χ4v) is 7.78. The van der Waals surface area contributed by atoms with Gasteiger partial charge < -0.3 is 19.5 Å². The highest BCUT2D eigenvalue weighted by Crippen LogP contribution is 2.40. The summed E-state index contributed by atoms with van der Waals surface area (Å²) in [5, 5.41) is 9.90. The Morgan fingerprint density at radius 1 is 0.725 bits per heavy atom. The lowest BCUT2D eigenvalue weighted by molar-refractivity contribution is -0.156. The molecule has 4 heterocycles. The van der Waals surface area contributed by atoms with Crippen LogP contribution in [0.5, 0.6) is 0 Å². The Balaban J connectivity index is 1.11. The maximum atomic E-state index is 13.7. The highest BCUT2D eigenvalue weighted by Gasteiger charge is 2.45. The van der Waals surface area contributed by atoms with Crippen LogP contribution in [0.4, 0.5) is 0 Å². The third-order valence-corrected chi connectivity index (χ3v) is 10.0. The molecular formula is C33H42N2O5. The molecule has 2 aromatic rings. The molecular weight excluding hydrogens is 504 g/mol. The maximum absolute atomic E-state index is 13.7. The van der Waals surface area contributed by atoms with E-state index in [0.29, 0.717) is 18.6 Å². The molecule has 6 atom stereocenters. The van der Waals surface area contributed by atoms with Gasteiger partial charge in [0.25, 0.3) is 0 Å².